The highest BCUT2D eigenvalue weighted by Gasteiger charge is 1.92. The van der Waals surface area contributed by atoms with E-state index < -0.39 is 0 Å². The van der Waals surface area contributed by atoms with Gasteiger partial charge in [0.1, 0.15) is 0 Å². The maximum Gasteiger partial charge on any atom is 0.0197 e. The van der Waals surface area contributed by atoms with Gasteiger partial charge >= 0.3 is 0 Å². The minimum absolute atomic E-state index is 0.118. The number of unbranched alkanes of at least 4 members (excludes halogenated alkanes) is 2. The highest BCUT2D eigenvalue weighted by Crippen LogP contribution is 1.98. The van der Waals surface area contributed by atoms with Gasteiger partial charge < -0.3 is 11.5 Å². The van der Waals surface area contributed by atoms with E-state index in [9.17, 15) is 0 Å². The minimum atomic E-state index is 0.118. The van der Waals surface area contributed by atoms with Crippen molar-refractivity contribution in [2.45, 2.75) is 45.1 Å². The van der Waals surface area contributed by atoms with Crippen LogP contribution in [-0.2, 0) is 0 Å². The van der Waals surface area contributed by atoms with Crippen LogP contribution in [0.2, 0.25) is 0 Å². The molecule has 0 spiro atoms. The molecule has 0 aliphatic carbocycles. The van der Waals surface area contributed by atoms with Crippen molar-refractivity contribution in [3.05, 3.63) is 36.5 Å². The normalized spacial score (nSPS) is 14.4. The average molecular weight is 222 g/mol. The second-order valence-corrected chi connectivity index (χ2v) is 3.90. The van der Waals surface area contributed by atoms with Gasteiger partial charge in [0.25, 0.3) is 0 Å². The molecule has 0 aromatic carbocycles. The van der Waals surface area contributed by atoms with Crippen molar-refractivity contribution in [2.75, 3.05) is 6.54 Å². The molecule has 0 aliphatic rings. The van der Waals surface area contributed by atoms with Crippen molar-refractivity contribution in [3.8, 4) is 0 Å². The van der Waals surface area contributed by atoms with E-state index in [1.807, 2.05) is 0 Å². The summed E-state index contributed by atoms with van der Waals surface area (Å²) in [7, 11) is 0. The van der Waals surface area contributed by atoms with Crippen LogP contribution in [0.5, 0.6) is 0 Å². The molecule has 2 heteroatoms. The van der Waals surface area contributed by atoms with Crippen LogP contribution in [0.15, 0.2) is 36.5 Å². The molecule has 16 heavy (non-hydrogen) atoms. The van der Waals surface area contributed by atoms with Crippen LogP contribution < -0.4 is 11.5 Å². The summed E-state index contributed by atoms with van der Waals surface area (Å²) in [6, 6.07) is 0.118. The lowest BCUT2D eigenvalue weighted by molar-refractivity contribution is 0.691. The molecule has 2 nitrogen and oxygen atoms in total. The van der Waals surface area contributed by atoms with Gasteiger partial charge in [0.05, 0.1) is 0 Å². The van der Waals surface area contributed by atoms with E-state index in [0.29, 0.717) is 6.54 Å². The molecule has 0 amide bonds. The van der Waals surface area contributed by atoms with E-state index in [4.69, 9.17) is 11.5 Å². The molecule has 0 radical (unpaired) electrons. The Morgan fingerprint density at radius 1 is 0.875 bits per heavy atom. The van der Waals surface area contributed by atoms with Crippen molar-refractivity contribution in [1.82, 2.24) is 0 Å². The molecule has 0 fully saturated rings. The molecule has 0 heterocycles. The Morgan fingerprint density at radius 3 is 1.88 bits per heavy atom. The number of rotatable bonds is 9. The van der Waals surface area contributed by atoms with Crippen LogP contribution in [0.25, 0.3) is 0 Å². The summed E-state index contributed by atoms with van der Waals surface area (Å²) in [5.41, 5.74) is 11.1. The van der Waals surface area contributed by atoms with Crippen LogP contribution in [0, 0.1) is 0 Å². The van der Waals surface area contributed by atoms with E-state index in [0.717, 1.165) is 32.1 Å². The van der Waals surface area contributed by atoms with Crippen molar-refractivity contribution in [3.63, 3.8) is 0 Å². The monoisotopic (exact) mass is 222 g/mol. The summed E-state index contributed by atoms with van der Waals surface area (Å²) < 4.78 is 0. The maximum absolute atomic E-state index is 5.69. The molecule has 1 atom stereocenters. The Bertz CT molecular complexity index is 217. The Morgan fingerprint density at radius 2 is 1.38 bits per heavy atom. The van der Waals surface area contributed by atoms with E-state index in [2.05, 4.69) is 43.4 Å². The predicted molar refractivity (Wildman–Crippen MR) is 73.2 cm³/mol. The van der Waals surface area contributed by atoms with Crippen LogP contribution >= 0.6 is 0 Å². The molecule has 0 aromatic heterocycles. The summed E-state index contributed by atoms with van der Waals surface area (Å²) in [6.45, 7) is 2.62. The largest absolute Gasteiger partial charge is 0.329 e. The Balaban J connectivity index is 3.31. The number of hydrogen-bond acceptors (Lipinski definition) is 2. The summed E-state index contributed by atoms with van der Waals surface area (Å²) in [5.74, 6) is 0. The molecule has 0 rings (SSSR count). The summed E-state index contributed by atoms with van der Waals surface area (Å²) >= 11 is 0. The third-order valence-electron chi connectivity index (χ3n) is 2.31. The fourth-order valence-electron chi connectivity index (χ4n) is 1.27. The van der Waals surface area contributed by atoms with Crippen LogP contribution in [0.4, 0.5) is 0 Å². The Hall–Kier alpha value is -0.860. The molecule has 0 aromatic rings. The topological polar surface area (TPSA) is 52.0 Å². The lowest BCUT2D eigenvalue weighted by atomic mass is 10.2. The molecule has 92 valence electrons. The van der Waals surface area contributed by atoms with Crippen LogP contribution in [0.1, 0.15) is 39.0 Å². The van der Waals surface area contributed by atoms with Crippen LogP contribution in [0.3, 0.4) is 0 Å². The Labute approximate surface area is 100 Å². The van der Waals surface area contributed by atoms with Gasteiger partial charge in [-0.1, -0.05) is 36.5 Å². The minimum Gasteiger partial charge on any atom is -0.329 e. The Kier molecular flexibility index (Phi) is 11.6. The number of hydrogen-bond donors (Lipinski definition) is 2. The van der Waals surface area contributed by atoms with Crippen molar-refractivity contribution >= 4 is 0 Å². The zero-order valence-electron chi connectivity index (χ0n) is 10.4. The lowest BCUT2D eigenvalue weighted by Gasteiger charge is -2.02. The van der Waals surface area contributed by atoms with Gasteiger partial charge in [0.15, 0.2) is 0 Å². The highest BCUT2D eigenvalue weighted by atomic mass is 14.7. The van der Waals surface area contributed by atoms with Gasteiger partial charge in [-0.3, -0.25) is 0 Å². The van der Waals surface area contributed by atoms with Crippen LogP contribution in [-0.4, -0.2) is 12.6 Å². The maximum atomic E-state index is 5.69. The molecule has 1 unspecified atom stereocenters. The molecule has 0 bridgehead atoms. The summed E-state index contributed by atoms with van der Waals surface area (Å²) in [6.07, 6.45) is 18.5. The number of allylic oxidation sites excluding steroid dienone is 5. The predicted octanol–water partition coefficient (Wildman–Crippen LogP) is 2.91. The smallest absolute Gasteiger partial charge is 0.0197 e. The highest BCUT2D eigenvalue weighted by molar-refractivity contribution is 4.91. The molecule has 4 N–H and O–H groups in total. The second-order valence-electron chi connectivity index (χ2n) is 3.90. The average Bonchev–Trinajstić information content (AvgIpc) is 2.31. The molecular formula is C14H26N2. The number of nitrogens with two attached hydrogens (primary N) is 2. The molecule has 0 saturated carbocycles. The first-order chi connectivity index (χ1) is 7.81. The zero-order chi connectivity index (χ0) is 12.1. The fourth-order valence-corrected chi connectivity index (χ4v) is 1.27. The van der Waals surface area contributed by atoms with Gasteiger partial charge in [-0.25, -0.2) is 0 Å². The third kappa shape index (κ3) is 11.2. The van der Waals surface area contributed by atoms with E-state index in [-0.39, 0.29) is 6.04 Å². The van der Waals surface area contributed by atoms with Crippen molar-refractivity contribution in [1.29, 1.82) is 0 Å². The van der Waals surface area contributed by atoms with Crippen molar-refractivity contribution < 1.29 is 0 Å². The first-order valence-corrected chi connectivity index (χ1v) is 6.18. The fraction of sp³-hybridized carbons (Fsp3) is 0.571. The molecule has 0 saturated heterocycles. The van der Waals surface area contributed by atoms with Gasteiger partial charge in [0, 0.05) is 12.6 Å². The molecule has 0 aliphatic heterocycles. The summed E-state index contributed by atoms with van der Waals surface area (Å²) in [4.78, 5) is 0. The second kappa shape index (κ2) is 12.2. The van der Waals surface area contributed by atoms with Gasteiger partial charge in [0.2, 0.25) is 0 Å². The molecular weight excluding hydrogens is 196 g/mol. The lowest BCUT2D eigenvalue weighted by Crippen LogP contribution is -2.28. The van der Waals surface area contributed by atoms with Gasteiger partial charge in [-0.15, -0.1) is 0 Å². The van der Waals surface area contributed by atoms with E-state index in [1.165, 1.54) is 0 Å². The first-order valence-electron chi connectivity index (χ1n) is 6.18. The van der Waals surface area contributed by atoms with Gasteiger partial charge in [-0.2, -0.15) is 0 Å². The van der Waals surface area contributed by atoms with Gasteiger partial charge in [-0.05, 0) is 39.0 Å². The zero-order valence-corrected chi connectivity index (χ0v) is 10.4. The third-order valence-corrected chi connectivity index (χ3v) is 2.31. The summed E-state index contributed by atoms with van der Waals surface area (Å²) in [5, 5.41) is 0. The van der Waals surface area contributed by atoms with E-state index >= 15 is 0 Å². The SMILES string of the molecule is CC=CCCC=CCCC=CCC(N)CN. The quantitative estimate of drug-likeness (QED) is 0.465. The van der Waals surface area contributed by atoms with E-state index in [1.54, 1.807) is 0 Å². The van der Waals surface area contributed by atoms with Crippen molar-refractivity contribution in [2.24, 2.45) is 11.5 Å². The standard InChI is InChI=1S/C14H26N2/c1-2-3-4-5-6-7-8-9-10-11-12-14(16)13-15/h2-3,6-7,10-11,14H,4-5,8-9,12-13,15-16H2,1H3. The first kappa shape index (κ1) is 15.1.